The van der Waals surface area contributed by atoms with Gasteiger partial charge in [0.15, 0.2) is 17.5 Å². The number of nitriles is 2. The van der Waals surface area contributed by atoms with Crippen LogP contribution in [-0.4, -0.2) is 15.0 Å². The summed E-state index contributed by atoms with van der Waals surface area (Å²) < 4.78 is 4.99. The lowest BCUT2D eigenvalue weighted by Gasteiger charge is -2.11. The van der Waals surface area contributed by atoms with Crippen molar-refractivity contribution in [3.05, 3.63) is 163 Å². The summed E-state index contributed by atoms with van der Waals surface area (Å²) in [5.41, 5.74) is 7.66. The molecular weight excluding hydrogens is 699 g/mol. The number of rotatable bonds is 5. The molecule has 3 aromatic heterocycles. The Morgan fingerprint density at radius 3 is 1.67 bits per heavy atom. The number of hydrogen-bond donors (Lipinski definition) is 0. The van der Waals surface area contributed by atoms with E-state index in [4.69, 9.17) is 15.0 Å². The molecule has 7 heteroatoms. The molecule has 0 fully saturated rings. The Kier molecular flexibility index (Phi) is 7.56. The van der Waals surface area contributed by atoms with E-state index in [0.29, 0.717) is 39.7 Å². The van der Waals surface area contributed by atoms with Crippen LogP contribution in [-0.2, 0) is 0 Å². The van der Waals surface area contributed by atoms with Crippen molar-refractivity contribution in [1.29, 1.82) is 10.5 Å². The van der Waals surface area contributed by atoms with Crippen molar-refractivity contribution in [2.75, 3.05) is 0 Å². The van der Waals surface area contributed by atoms with E-state index in [1.165, 1.54) is 51.5 Å². The molecule has 0 spiro atoms. The van der Waals surface area contributed by atoms with Crippen LogP contribution in [0.2, 0.25) is 0 Å². The Bertz CT molecular complexity index is 3200. The van der Waals surface area contributed by atoms with Gasteiger partial charge in [0.05, 0.1) is 23.3 Å². The van der Waals surface area contributed by atoms with Crippen LogP contribution in [0.4, 0.5) is 0 Å². The van der Waals surface area contributed by atoms with Crippen LogP contribution < -0.4 is 0 Å². The summed E-state index contributed by atoms with van der Waals surface area (Å²) in [5, 5.41) is 24.8. The van der Waals surface area contributed by atoms with Crippen molar-refractivity contribution >= 4 is 63.0 Å². The van der Waals surface area contributed by atoms with Gasteiger partial charge < -0.3 is 0 Å². The zero-order valence-electron chi connectivity index (χ0n) is 28.5. The average Bonchev–Trinajstić information content (AvgIpc) is 3.82. The molecule has 0 aliphatic carbocycles. The smallest absolute Gasteiger partial charge is 0.164 e. The van der Waals surface area contributed by atoms with Crippen molar-refractivity contribution in [3.8, 4) is 68.6 Å². The molecular formula is C47H25N5S2. The number of fused-ring (bicyclic) bond motifs is 6. The van der Waals surface area contributed by atoms with E-state index in [-0.39, 0.29) is 0 Å². The van der Waals surface area contributed by atoms with Crippen molar-refractivity contribution in [2.45, 2.75) is 0 Å². The number of benzene rings is 7. The molecule has 0 aliphatic rings. The second-order valence-corrected chi connectivity index (χ2v) is 15.2. The number of aromatic nitrogens is 3. The zero-order valence-corrected chi connectivity index (χ0v) is 30.1. The van der Waals surface area contributed by atoms with Gasteiger partial charge in [-0.25, -0.2) is 15.0 Å². The molecule has 0 atom stereocenters. The zero-order chi connectivity index (χ0) is 36.2. The predicted octanol–water partition coefficient (Wildman–Crippen LogP) is 12.7. The molecule has 0 radical (unpaired) electrons. The summed E-state index contributed by atoms with van der Waals surface area (Å²) in [6.45, 7) is 0. The summed E-state index contributed by atoms with van der Waals surface area (Å²) in [6, 6.07) is 55.9. The third-order valence-corrected chi connectivity index (χ3v) is 12.0. The molecule has 3 heterocycles. The van der Waals surface area contributed by atoms with E-state index in [9.17, 15) is 10.5 Å². The molecule has 7 aromatic carbocycles. The highest BCUT2D eigenvalue weighted by Gasteiger charge is 2.18. The fraction of sp³-hybridized carbons (Fsp3) is 0. The lowest BCUT2D eigenvalue weighted by molar-refractivity contribution is 1.07. The van der Waals surface area contributed by atoms with Gasteiger partial charge in [-0.3, -0.25) is 0 Å². The highest BCUT2D eigenvalue weighted by Crippen LogP contribution is 2.46. The first-order chi connectivity index (χ1) is 26.6. The lowest BCUT2D eigenvalue weighted by Crippen LogP contribution is -2.00. The molecule has 5 nitrogen and oxygen atoms in total. The number of nitrogens with zero attached hydrogens (tertiary/aromatic N) is 5. The fourth-order valence-corrected chi connectivity index (χ4v) is 9.60. The molecule has 250 valence electrons. The maximum atomic E-state index is 10.2. The van der Waals surface area contributed by atoms with Crippen LogP contribution in [0, 0.1) is 22.7 Å². The van der Waals surface area contributed by atoms with E-state index in [2.05, 4.69) is 91.0 Å². The molecule has 0 amide bonds. The van der Waals surface area contributed by atoms with Gasteiger partial charge in [0.25, 0.3) is 0 Å². The van der Waals surface area contributed by atoms with Gasteiger partial charge in [-0.15, -0.1) is 22.7 Å². The van der Waals surface area contributed by atoms with Crippen LogP contribution in [0.15, 0.2) is 152 Å². The molecule has 0 bridgehead atoms. The van der Waals surface area contributed by atoms with Crippen molar-refractivity contribution in [3.63, 3.8) is 0 Å². The Morgan fingerprint density at radius 2 is 0.926 bits per heavy atom. The number of thiophene rings is 2. The number of hydrogen-bond acceptors (Lipinski definition) is 7. The molecule has 10 rings (SSSR count). The normalized spacial score (nSPS) is 11.3. The van der Waals surface area contributed by atoms with Gasteiger partial charge in [0, 0.05) is 57.0 Å². The van der Waals surface area contributed by atoms with Crippen LogP contribution in [0.5, 0.6) is 0 Å². The van der Waals surface area contributed by atoms with Gasteiger partial charge in [0.1, 0.15) is 0 Å². The standard InChI is InChI=1S/C47H25N5S2/c48-26-28-9-6-12-32(21-28)46-50-45(30-10-2-1-3-11-30)51-47(52-46)34-23-29(27-49)22-33(24-34)31-19-20-38-42(25-31)54-41-18-8-15-36(44(38)41)35-14-7-17-40-43(35)37-13-4-5-16-39(37)53-40/h1-25H. The van der Waals surface area contributed by atoms with E-state index in [1.54, 1.807) is 23.5 Å². The van der Waals surface area contributed by atoms with Gasteiger partial charge in [-0.2, -0.15) is 10.5 Å². The first-order valence-corrected chi connectivity index (χ1v) is 19.0. The fourth-order valence-electron chi connectivity index (χ4n) is 7.30. The summed E-state index contributed by atoms with van der Waals surface area (Å²) >= 11 is 3.62. The molecule has 54 heavy (non-hydrogen) atoms. The molecule has 0 aliphatic heterocycles. The minimum absolute atomic E-state index is 0.447. The van der Waals surface area contributed by atoms with E-state index >= 15 is 0 Å². The highest BCUT2D eigenvalue weighted by molar-refractivity contribution is 7.26. The van der Waals surface area contributed by atoms with E-state index < -0.39 is 0 Å². The van der Waals surface area contributed by atoms with Crippen LogP contribution in [0.3, 0.4) is 0 Å². The maximum absolute atomic E-state index is 10.2. The minimum atomic E-state index is 0.447. The molecule has 0 saturated heterocycles. The third-order valence-electron chi connectivity index (χ3n) is 9.76. The van der Waals surface area contributed by atoms with Gasteiger partial charge in [0.2, 0.25) is 0 Å². The van der Waals surface area contributed by atoms with Crippen LogP contribution in [0.25, 0.3) is 96.8 Å². The van der Waals surface area contributed by atoms with Crippen molar-refractivity contribution in [2.24, 2.45) is 0 Å². The monoisotopic (exact) mass is 723 g/mol. The Hall–Kier alpha value is -7.03. The largest absolute Gasteiger partial charge is 0.208 e. The Labute approximate surface area is 318 Å². The summed E-state index contributed by atoms with van der Waals surface area (Å²) in [6.07, 6.45) is 0. The van der Waals surface area contributed by atoms with Gasteiger partial charge in [-0.1, -0.05) is 97.1 Å². The van der Waals surface area contributed by atoms with Crippen LogP contribution in [0.1, 0.15) is 11.1 Å². The minimum Gasteiger partial charge on any atom is -0.208 e. The topological polar surface area (TPSA) is 86.2 Å². The molecule has 0 N–H and O–H groups in total. The molecule has 0 unspecified atom stereocenters. The third kappa shape index (κ3) is 5.39. The van der Waals surface area contributed by atoms with E-state index in [0.717, 1.165) is 16.7 Å². The summed E-state index contributed by atoms with van der Waals surface area (Å²) in [4.78, 5) is 14.6. The quantitative estimate of drug-likeness (QED) is 0.176. The van der Waals surface area contributed by atoms with Gasteiger partial charge in [-0.05, 0) is 76.9 Å². The lowest BCUT2D eigenvalue weighted by atomic mass is 9.94. The predicted molar refractivity (Wildman–Crippen MR) is 222 cm³/mol. The van der Waals surface area contributed by atoms with E-state index in [1.807, 2.05) is 72.0 Å². The molecule has 10 aromatic rings. The highest BCUT2D eigenvalue weighted by atomic mass is 32.1. The maximum Gasteiger partial charge on any atom is 0.164 e. The SMILES string of the molecule is N#Cc1cccc(-c2nc(-c3ccccc3)nc(-c3cc(C#N)cc(-c4ccc5c(c4)sc4cccc(-c6cccc7sc8ccccc8c67)c45)c3)n2)c1. The average molecular weight is 724 g/mol. The van der Waals surface area contributed by atoms with Crippen molar-refractivity contribution in [1.82, 2.24) is 15.0 Å². The molecule has 0 saturated carbocycles. The Balaban J connectivity index is 1.12. The summed E-state index contributed by atoms with van der Waals surface area (Å²) in [7, 11) is 0. The first kappa shape index (κ1) is 31.7. The second kappa shape index (κ2) is 12.9. The summed E-state index contributed by atoms with van der Waals surface area (Å²) in [5.74, 6) is 1.41. The first-order valence-electron chi connectivity index (χ1n) is 17.4. The van der Waals surface area contributed by atoms with Crippen LogP contribution >= 0.6 is 22.7 Å². The van der Waals surface area contributed by atoms with Gasteiger partial charge >= 0.3 is 0 Å². The Morgan fingerprint density at radius 1 is 0.370 bits per heavy atom. The van der Waals surface area contributed by atoms with Crippen molar-refractivity contribution < 1.29 is 0 Å². The second-order valence-electron chi connectivity index (χ2n) is 13.0.